The molecule has 0 atom stereocenters. The van der Waals surface area contributed by atoms with Crippen molar-refractivity contribution < 1.29 is 19.0 Å². The van der Waals surface area contributed by atoms with Crippen LogP contribution in [0.2, 0.25) is 0 Å². The Morgan fingerprint density at radius 2 is 2.00 bits per heavy atom. The van der Waals surface area contributed by atoms with E-state index in [2.05, 4.69) is 31.9 Å². The Bertz CT molecular complexity index is 659. The maximum absolute atomic E-state index is 13.1. The molecule has 2 aromatic rings. The molecule has 0 aliphatic heterocycles. The van der Waals surface area contributed by atoms with E-state index < -0.39 is 5.97 Å². The third-order valence-corrected chi connectivity index (χ3v) is 3.56. The minimum Gasteiger partial charge on any atom is -0.487 e. The first-order valence-corrected chi connectivity index (χ1v) is 7.15. The first-order valence-electron chi connectivity index (χ1n) is 5.57. The Hall–Kier alpha value is -1.40. The van der Waals surface area contributed by atoms with Crippen molar-refractivity contribution in [1.29, 1.82) is 0 Å². The summed E-state index contributed by atoms with van der Waals surface area (Å²) in [5.41, 5.74) is 0.652. The molecule has 0 heterocycles. The quantitative estimate of drug-likeness (QED) is 0.809. The summed E-state index contributed by atoms with van der Waals surface area (Å²) in [7, 11) is 0. The molecular weight excluding hydrogens is 395 g/mol. The van der Waals surface area contributed by atoms with Crippen LogP contribution in [0.5, 0.6) is 5.75 Å². The molecule has 0 aliphatic rings. The molecular formula is C14H9Br2FO3. The molecule has 2 aromatic carbocycles. The summed E-state index contributed by atoms with van der Waals surface area (Å²) in [6.07, 6.45) is 0. The minimum absolute atomic E-state index is 0.0302. The van der Waals surface area contributed by atoms with Gasteiger partial charge in [0, 0.05) is 4.47 Å². The fourth-order valence-electron chi connectivity index (χ4n) is 1.65. The van der Waals surface area contributed by atoms with E-state index in [-0.39, 0.29) is 23.7 Å². The van der Waals surface area contributed by atoms with Crippen molar-refractivity contribution in [3.8, 4) is 5.75 Å². The van der Waals surface area contributed by atoms with E-state index in [4.69, 9.17) is 4.74 Å². The summed E-state index contributed by atoms with van der Waals surface area (Å²) in [6, 6.07) is 9.09. The van der Waals surface area contributed by atoms with Crippen LogP contribution >= 0.6 is 31.9 Å². The second kappa shape index (κ2) is 6.37. The number of ether oxygens (including phenoxy) is 1. The summed E-state index contributed by atoms with van der Waals surface area (Å²) in [6.45, 7) is 0.0816. The van der Waals surface area contributed by atoms with Crippen molar-refractivity contribution in [2.75, 3.05) is 0 Å². The molecule has 0 saturated heterocycles. The average Bonchev–Trinajstić information content (AvgIpc) is 2.36. The molecule has 0 radical (unpaired) electrons. The first kappa shape index (κ1) is 15.0. The Labute approximate surface area is 131 Å². The molecule has 2 rings (SSSR count). The monoisotopic (exact) mass is 402 g/mol. The highest BCUT2D eigenvalue weighted by Crippen LogP contribution is 2.33. The van der Waals surface area contributed by atoms with Gasteiger partial charge in [0.05, 0.1) is 4.47 Å². The zero-order chi connectivity index (χ0) is 14.7. The second-order valence-corrected chi connectivity index (χ2v) is 5.76. The van der Waals surface area contributed by atoms with E-state index in [1.807, 2.05) is 0 Å². The van der Waals surface area contributed by atoms with Crippen molar-refractivity contribution in [1.82, 2.24) is 0 Å². The predicted octanol–water partition coefficient (Wildman–Crippen LogP) is 4.63. The Kier molecular flexibility index (Phi) is 4.77. The van der Waals surface area contributed by atoms with Crippen LogP contribution in [0.1, 0.15) is 15.9 Å². The maximum Gasteiger partial charge on any atom is 0.339 e. The largest absolute Gasteiger partial charge is 0.487 e. The number of hydrogen-bond acceptors (Lipinski definition) is 2. The van der Waals surface area contributed by atoms with Crippen molar-refractivity contribution in [2.24, 2.45) is 0 Å². The number of carbonyl (C=O) groups is 1. The molecule has 1 N–H and O–H groups in total. The van der Waals surface area contributed by atoms with Crippen LogP contribution in [0.25, 0.3) is 0 Å². The van der Waals surface area contributed by atoms with E-state index in [1.165, 1.54) is 18.2 Å². The van der Waals surface area contributed by atoms with Crippen molar-refractivity contribution in [2.45, 2.75) is 6.61 Å². The van der Waals surface area contributed by atoms with Gasteiger partial charge in [-0.05, 0) is 45.8 Å². The number of aromatic carboxylic acids is 1. The van der Waals surface area contributed by atoms with E-state index in [1.54, 1.807) is 18.2 Å². The standard InChI is InChI=1S/C14H9Br2FO3/c15-9-5-11(14(18)19)13(12(16)6-9)20-7-8-2-1-3-10(17)4-8/h1-6H,7H2,(H,18,19). The molecule has 3 nitrogen and oxygen atoms in total. The van der Waals surface area contributed by atoms with Crippen molar-refractivity contribution in [3.63, 3.8) is 0 Å². The summed E-state index contributed by atoms with van der Waals surface area (Å²) >= 11 is 6.48. The fraction of sp³-hybridized carbons (Fsp3) is 0.0714. The molecule has 0 aliphatic carbocycles. The Morgan fingerprint density at radius 3 is 2.65 bits per heavy atom. The molecule has 104 valence electrons. The molecule has 0 spiro atoms. The molecule has 0 amide bonds. The van der Waals surface area contributed by atoms with Gasteiger partial charge in [-0.25, -0.2) is 9.18 Å². The zero-order valence-electron chi connectivity index (χ0n) is 10.1. The van der Waals surface area contributed by atoms with Gasteiger partial charge in [-0.2, -0.15) is 0 Å². The third kappa shape index (κ3) is 3.58. The SMILES string of the molecule is O=C(O)c1cc(Br)cc(Br)c1OCc1cccc(F)c1. The number of hydrogen-bond donors (Lipinski definition) is 1. The lowest BCUT2D eigenvalue weighted by Gasteiger charge is -2.12. The molecule has 20 heavy (non-hydrogen) atoms. The summed E-state index contributed by atoms with van der Waals surface area (Å²) in [5, 5.41) is 9.17. The van der Waals surface area contributed by atoms with E-state index in [0.29, 0.717) is 14.5 Å². The van der Waals surface area contributed by atoms with E-state index in [0.717, 1.165) is 0 Å². The maximum atomic E-state index is 13.1. The third-order valence-electron chi connectivity index (χ3n) is 2.51. The number of carboxylic acids is 1. The fourth-order valence-corrected chi connectivity index (χ4v) is 2.99. The van der Waals surface area contributed by atoms with E-state index >= 15 is 0 Å². The van der Waals surface area contributed by atoms with Crippen LogP contribution in [0.15, 0.2) is 45.3 Å². The van der Waals surface area contributed by atoms with Crippen molar-refractivity contribution >= 4 is 37.8 Å². The Morgan fingerprint density at radius 1 is 1.25 bits per heavy atom. The van der Waals surface area contributed by atoms with E-state index in [9.17, 15) is 14.3 Å². The van der Waals surface area contributed by atoms with Crippen LogP contribution in [-0.2, 0) is 6.61 Å². The van der Waals surface area contributed by atoms with Crippen LogP contribution in [0.3, 0.4) is 0 Å². The van der Waals surface area contributed by atoms with Crippen LogP contribution in [-0.4, -0.2) is 11.1 Å². The van der Waals surface area contributed by atoms with Crippen molar-refractivity contribution in [3.05, 3.63) is 62.3 Å². The number of benzene rings is 2. The Balaban J connectivity index is 2.27. The number of rotatable bonds is 4. The summed E-state index contributed by atoms with van der Waals surface area (Å²) < 4.78 is 19.7. The number of halogens is 3. The van der Waals surface area contributed by atoms with Gasteiger partial charge in [0.2, 0.25) is 0 Å². The molecule has 0 bridgehead atoms. The topological polar surface area (TPSA) is 46.5 Å². The van der Waals surface area contributed by atoms with Gasteiger partial charge in [-0.1, -0.05) is 28.1 Å². The highest BCUT2D eigenvalue weighted by atomic mass is 79.9. The van der Waals surface area contributed by atoms with Gasteiger partial charge in [0.15, 0.2) is 0 Å². The van der Waals surface area contributed by atoms with Gasteiger partial charge in [0.1, 0.15) is 23.7 Å². The lowest BCUT2D eigenvalue weighted by atomic mass is 10.2. The summed E-state index contributed by atoms with van der Waals surface area (Å²) in [4.78, 5) is 11.2. The van der Waals surface area contributed by atoms with Gasteiger partial charge in [-0.15, -0.1) is 0 Å². The molecule has 0 fully saturated rings. The van der Waals surface area contributed by atoms with Crippen LogP contribution in [0.4, 0.5) is 4.39 Å². The molecule has 6 heteroatoms. The second-order valence-electron chi connectivity index (χ2n) is 3.99. The lowest BCUT2D eigenvalue weighted by molar-refractivity contribution is 0.0691. The molecule has 0 unspecified atom stereocenters. The predicted molar refractivity (Wildman–Crippen MR) is 79.5 cm³/mol. The minimum atomic E-state index is -1.10. The molecule has 0 aromatic heterocycles. The highest BCUT2D eigenvalue weighted by Gasteiger charge is 2.16. The lowest BCUT2D eigenvalue weighted by Crippen LogP contribution is -2.04. The smallest absolute Gasteiger partial charge is 0.339 e. The normalized spacial score (nSPS) is 10.3. The highest BCUT2D eigenvalue weighted by molar-refractivity contribution is 9.11. The van der Waals surface area contributed by atoms with Gasteiger partial charge in [-0.3, -0.25) is 0 Å². The zero-order valence-corrected chi connectivity index (χ0v) is 13.2. The van der Waals surface area contributed by atoms with Gasteiger partial charge < -0.3 is 9.84 Å². The van der Waals surface area contributed by atoms with Crippen LogP contribution in [0, 0.1) is 5.82 Å². The van der Waals surface area contributed by atoms with Gasteiger partial charge in [0.25, 0.3) is 0 Å². The van der Waals surface area contributed by atoms with Crippen LogP contribution < -0.4 is 4.74 Å². The first-order chi connectivity index (χ1) is 9.47. The molecule has 0 saturated carbocycles. The van der Waals surface area contributed by atoms with Gasteiger partial charge >= 0.3 is 5.97 Å². The summed E-state index contributed by atoms with van der Waals surface area (Å²) in [5.74, 6) is -1.24. The average molecular weight is 404 g/mol. The number of carboxylic acid groups (broad SMARTS) is 1.